The molecule has 1 amide bonds. The Bertz CT molecular complexity index is 1110. The number of nitrogens with zero attached hydrogens (tertiary/aromatic N) is 6. The maximum atomic E-state index is 12.9. The Morgan fingerprint density at radius 1 is 1.23 bits per heavy atom. The average molecular weight is 435 g/mol. The maximum Gasteiger partial charge on any atom is 0.416 e. The van der Waals surface area contributed by atoms with Gasteiger partial charge < -0.3 is 5.32 Å². The van der Waals surface area contributed by atoms with E-state index in [9.17, 15) is 18.0 Å². The van der Waals surface area contributed by atoms with Gasteiger partial charge in [-0.1, -0.05) is 5.21 Å². The topological polar surface area (TPSA) is 80.9 Å². The van der Waals surface area contributed by atoms with Crippen LogP contribution in [-0.2, 0) is 18.0 Å². The molecule has 1 aliphatic rings. The van der Waals surface area contributed by atoms with Gasteiger partial charge >= 0.3 is 6.18 Å². The molecule has 1 aromatic carbocycles. The fourth-order valence-electron chi connectivity index (χ4n) is 4.05. The van der Waals surface area contributed by atoms with Crippen LogP contribution in [0.5, 0.6) is 0 Å². The van der Waals surface area contributed by atoms with Gasteiger partial charge in [0.15, 0.2) is 0 Å². The predicted octanol–water partition coefficient (Wildman–Crippen LogP) is 3.08. The third-order valence-corrected chi connectivity index (χ3v) is 5.84. The van der Waals surface area contributed by atoms with E-state index < -0.39 is 11.7 Å². The van der Waals surface area contributed by atoms with Gasteiger partial charge in [-0.25, -0.2) is 4.68 Å². The standard InChI is InChI=1S/C20H24F3N7O/c1-12-19(13(2)28(3)26-12)24-18(31)11-29-8-6-15(7-9-29)30-17-5-4-14(20(21,22)23)10-16(17)25-27-30/h4-5,10,15H,6-9,11H2,1-3H3,(H,24,31). The van der Waals surface area contributed by atoms with E-state index in [1.807, 2.05) is 20.9 Å². The number of aromatic nitrogens is 5. The van der Waals surface area contributed by atoms with Crippen LogP contribution in [0.2, 0.25) is 0 Å². The SMILES string of the molecule is Cc1nn(C)c(C)c1NC(=O)CN1CCC(n2nnc3cc(C(F)(F)F)ccc32)CC1. The highest BCUT2D eigenvalue weighted by Gasteiger charge is 2.31. The number of rotatable bonds is 4. The molecule has 1 aliphatic heterocycles. The Balaban J connectivity index is 1.37. The maximum absolute atomic E-state index is 12.9. The van der Waals surface area contributed by atoms with Crippen molar-refractivity contribution in [2.45, 2.75) is 38.9 Å². The molecule has 3 heterocycles. The second-order valence-corrected chi connectivity index (χ2v) is 7.96. The lowest BCUT2D eigenvalue weighted by Crippen LogP contribution is -2.40. The number of nitrogens with one attached hydrogen (secondary N) is 1. The van der Waals surface area contributed by atoms with Crippen LogP contribution in [0, 0.1) is 13.8 Å². The van der Waals surface area contributed by atoms with Gasteiger partial charge in [0.1, 0.15) is 5.52 Å². The van der Waals surface area contributed by atoms with Gasteiger partial charge in [-0.15, -0.1) is 5.10 Å². The van der Waals surface area contributed by atoms with E-state index in [1.165, 1.54) is 6.07 Å². The van der Waals surface area contributed by atoms with E-state index >= 15 is 0 Å². The normalized spacial score (nSPS) is 16.2. The van der Waals surface area contributed by atoms with Crippen molar-refractivity contribution in [3.8, 4) is 0 Å². The van der Waals surface area contributed by atoms with Crippen LogP contribution in [0.15, 0.2) is 18.2 Å². The van der Waals surface area contributed by atoms with Crippen LogP contribution < -0.4 is 5.32 Å². The number of fused-ring (bicyclic) bond motifs is 1. The summed E-state index contributed by atoms with van der Waals surface area (Å²) in [5.41, 5.74) is 2.52. The quantitative estimate of drug-likeness (QED) is 0.681. The molecular formula is C20H24F3N7O. The number of likely N-dealkylation sites (tertiary alicyclic amines) is 1. The summed E-state index contributed by atoms with van der Waals surface area (Å²) < 4.78 is 42.2. The fraction of sp³-hybridized carbons (Fsp3) is 0.500. The third kappa shape index (κ3) is 4.27. The lowest BCUT2D eigenvalue weighted by Gasteiger charge is -2.31. The molecule has 0 atom stereocenters. The number of aryl methyl sites for hydroxylation is 2. The summed E-state index contributed by atoms with van der Waals surface area (Å²) in [4.78, 5) is 14.5. The lowest BCUT2D eigenvalue weighted by molar-refractivity contribution is -0.137. The first-order valence-electron chi connectivity index (χ1n) is 10.1. The fourth-order valence-corrected chi connectivity index (χ4v) is 4.05. The van der Waals surface area contributed by atoms with Crippen LogP contribution in [0.3, 0.4) is 0 Å². The monoisotopic (exact) mass is 435 g/mol. The highest BCUT2D eigenvalue weighted by Crippen LogP contribution is 2.32. The Labute approximate surface area is 177 Å². The summed E-state index contributed by atoms with van der Waals surface area (Å²) in [6.45, 7) is 5.40. The molecule has 8 nitrogen and oxygen atoms in total. The van der Waals surface area contributed by atoms with Crippen molar-refractivity contribution < 1.29 is 18.0 Å². The number of halogens is 3. The summed E-state index contributed by atoms with van der Waals surface area (Å²) in [7, 11) is 1.83. The molecule has 0 radical (unpaired) electrons. The van der Waals surface area contributed by atoms with Crippen LogP contribution in [0.1, 0.15) is 35.8 Å². The third-order valence-electron chi connectivity index (χ3n) is 5.84. The van der Waals surface area contributed by atoms with E-state index in [0.717, 1.165) is 42.0 Å². The van der Waals surface area contributed by atoms with E-state index in [1.54, 1.807) is 9.36 Å². The number of benzene rings is 1. The highest BCUT2D eigenvalue weighted by atomic mass is 19.4. The van der Waals surface area contributed by atoms with E-state index in [4.69, 9.17) is 0 Å². The number of carbonyl (C=O) groups is 1. The second kappa shape index (κ2) is 7.95. The molecule has 0 bridgehead atoms. The summed E-state index contributed by atoms with van der Waals surface area (Å²) in [5, 5.41) is 15.3. The van der Waals surface area contributed by atoms with Gasteiger partial charge in [0, 0.05) is 20.1 Å². The Morgan fingerprint density at radius 3 is 2.55 bits per heavy atom. The number of hydrogen-bond acceptors (Lipinski definition) is 5. The largest absolute Gasteiger partial charge is 0.416 e. The molecule has 31 heavy (non-hydrogen) atoms. The minimum absolute atomic E-state index is 0.0314. The second-order valence-electron chi connectivity index (χ2n) is 7.96. The van der Waals surface area contributed by atoms with E-state index in [0.29, 0.717) is 18.6 Å². The molecule has 11 heteroatoms. The van der Waals surface area contributed by atoms with Gasteiger partial charge in [-0.05, 0) is 44.9 Å². The van der Waals surface area contributed by atoms with Crippen LogP contribution in [-0.4, -0.2) is 55.2 Å². The summed E-state index contributed by atoms with van der Waals surface area (Å²) in [6.07, 6.45) is -2.94. The number of carbonyl (C=O) groups excluding carboxylic acids is 1. The zero-order chi connectivity index (χ0) is 22.3. The number of alkyl halides is 3. The van der Waals surface area contributed by atoms with Gasteiger partial charge in [0.2, 0.25) is 5.91 Å². The van der Waals surface area contributed by atoms with Crippen molar-refractivity contribution in [3.05, 3.63) is 35.2 Å². The van der Waals surface area contributed by atoms with Crippen LogP contribution in [0.25, 0.3) is 11.0 Å². The van der Waals surface area contributed by atoms with Crippen LogP contribution in [0.4, 0.5) is 18.9 Å². The lowest BCUT2D eigenvalue weighted by atomic mass is 10.0. The van der Waals surface area contributed by atoms with Gasteiger partial charge in [-0.2, -0.15) is 18.3 Å². The zero-order valence-electron chi connectivity index (χ0n) is 17.6. The van der Waals surface area contributed by atoms with E-state index in [-0.39, 0.29) is 24.0 Å². The minimum Gasteiger partial charge on any atom is -0.322 e. The number of amides is 1. The van der Waals surface area contributed by atoms with Crippen LogP contribution >= 0.6 is 0 Å². The molecule has 0 unspecified atom stereocenters. The van der Waals surface area contributed by atoms with Crippen molar-refractivity contribution in [1.82, 2.24) is 29.7 Å². The first kappa shape index (κ1) is 21.3. The molecule has 1 fully saturated rings. The molecule has 3 aromatic rings. The average Bonchev–Trinajstić information content (AvgIpc) is 3.24. The van der Waals surface area contributed by atoms with E-state index in [2.05, 4.69) is 25.6 Å². The van der Waals surface area contributed by atoms with Crippen molar-refractivity contribution in [2.24, 2.45) is 7.05 Å². The molecule has 0 aliphatic carbocycles. The highest BCUT2D eigenvalue weighted by molar-refractivity contribution is 5.93. The van der Waals surface area contributed by atoms with Crippen molar-refractivity contribution >= 4 is 22.6 Å². The van der Waals surface area contributed by atoms with Gasteiger partial charge in [0.25, 0.3) is 0 Å². The smallest absolute Gasteiger partial charge is 0.322 e. The number of piperidine rings is 1. The molecule has 1 N–H and O–H groups in total. The number of hydrogen-bond donors (Lipinski definition) is 1. The van der Waals surface area contributed by atoms with Gasteiger partial charge in [0.05, 0.1) is 40.7 Å². The number of anilines is 1. The Hall–Kier alpha value is -2.95. The first-order chi connectivity index (χ1) is 14.6. The Morgan fingerprint density at radius 2 is 1.94 bits per heavy atom. The molecule has 2 aromatic heterocycles. The molecule has 166 valence electrons. The summed E-state index contributed by atoms with van der Waals surface area (Å²) in [6, 6.07) is 3.55. The molecule has 4 rings (SSSR count). The van der Waals surface area contributed by atoms with Crippen molar-refractivity contribution in [3.63, 3.8) is 0 Å². The first-order valence-corrected chi connectivity index (χ1v) is 10.1. The molecule has 0 saturated carbocycles. The minimum atomic E-state index is -4.41. The van der Waals surface area contributed by atoms with Crippen molar-refractivity contribution in [1.29, 1.82) is 0 Å². The Kier molecular flexibility index (Phi) is 5.46. The molecule has 1 saturated heterocycles. The summed E-state index contributed by atoms with van der Waals surface area (Å²) in [5.74, 6) is -0.0939. The molecular weight excluding hydrogens is 411 g/mol. The summed E-state index contributed by atoms with van der Waals surface area (Å²) >= 11 is 0. The zero-order valence-corrected chi connectivity index (χ0v) is 17.6. The van der Waals surface area contributed by atoms with Crippen molar-refractivity contribution in [2.75, 3.05) is 25.0 Å². The predicted molar refractivity (Wildman–Crippen MR) is 109 cm³/mol. The molecule has 0 spiro atoms. The van der Waals surface area contributed by atoms with Gasteiger partial charge in [-0.3, -0.25) is 14.4 Å².